The van der Waals surface area contributed by atoms with Gasteiger partial charge in [0, 0.05) is 37.5 Å². The van der Waals surface area contributed by atoms with Crippen LogP contribution in [0, 0.1) is 5.82 Å². The number of halogens is 1. The third-order valence-corrected chi connectivity index (χ3v) is 6.05. The molecule has 33 heavy (non-hydrogen) atoms. The van der Waals surface area contributed by atoms with Crippen LogP contribution in [-0.2, 0) is 14.4 Å². The molecule has 2 aliphatic heterocycles. The third kappa shape index (κ3) is 5.45. The number of hydrogen-bond acceptors (Lipinski definition) is 7. The number of hydrogen-bond donors (Lipinski definition) is 0. The molecule has 0 unspecified atom stereocenters. The standard InChI is InChI=1S/C23H25FN4O4S/c1-16(29)2-4-19-15-27(23(30)32-19)18-3-5-21(20(24)14-18)26-10-11-28(31-13-12-26)22(33)17-6-8-25-9-7-17/h3,5-9,14,19H,2,4,10-13,15H2,1H3/t19-/m0/s1. The predicted molar refractivity (Wildman–Crippen MR) is 125 cm³/mol. The van der Waals surface area contributed by atoms with Gasteiger partial charge in [0.05, 0.1) is 31.1 Å². The Morgan fingerprint density at radius 2 is 2.00 bits per heavy atom. The van der Waals surface area contributed by atoms with Gasteiger partial charge in [-0.1, -0.05) is 12.2 Å². The summed E-state index contributed by atoms with van der Waals surface area (Å²) in [5.74, 6) is -0.390. The van der Waals surface area contributed by atoms with Gasteiger partial charge in [-0.25, -0.2) is 14.2 Å². The molecular weight excluding hydrogens is 447 g/mol. The van der Waals surface area contributed by atoms with Crippen LogP contribution in [-0.4, -0.2) is 65.8 Å². The van der Waals surface area contributed by atoms with Crippen molar-refractivity contribution in [3.8, 4) is 0 Å². The van der Waals surface area contributed by atoms with Crippen molar-refractivity contribution >= 4 is 40.5 Å². The van der Waals surface area contributed by atoms with E-state index in [2.05, 4.69) is 4.98 Å². The van der Waals surface area contributed by atoms with E-state index >= 15 is 4.39 Å². The van der Waals surface area contributed by atoms with Gasteiger partial charge < -0.3 is 14.4 Å². The molecule has 2 saturated heterocycles. The first kappa shape index (κ1) is 23.1. The predicted octanol–water partition coefficient (Wildman–Crippen LogP) is 3.34. The van der Waals surface area contributed by atoms with Crippen LogP contribution in [0.5, 0.6) is 0 Å². The van der Waals surface area contributed by atoms with E-state index in [9.17, 15) is 9.59 Å². The number of thiocarbonyl (C=S) groups is 1. The summed E-state index contributed by atoms with van der Waals surface area (Å²) >= 11 is 5.53. The van der Waals surface area contributed by atoms with E-state index in [0.29, 0.717) is 62.0 Å². The zero-order valence-electron chi connectivity index (χ0n) is 18.3. The Labute approximate surface area is 196 Å². The van der Waals surface area contributed by atoms with E-state index in [4.69, 9.17) is 21.8 Å². The Bertz CT molecular complexity index is 1040. The van der Waals surface area contributed by atoms with E-state index in [0.717, 1.165) is 5.56 Å². The van der Waals surface area contributed by atoms with Crippen molar-refractivity contribution in [2.24, 2.45) is 0 Å². The van der Waals surface area contributed by atoms with E-state index < -0.39 is 11.9 Å². The normalized spacial score (nSPS) is 18.8. The molecule has 0 saturated carbocycles. The minimum atomic E-state index is -0.529. The number of carbonyl (C=O) groups excluding carboxylic acids is 2. The molecule has 2 fully saturated rings. The summed E-state index contributed by atoms with van der Waals surface area (Å²) in [6.07, 6.45) is 3.25. The Balaban J connectivity index is 1.40. The number of nitrogens with zero attached hydrogens (tertiary/aromatic N) is 4. The Morgan fingerprint density at radius 3 is 2.73 bits per heavy atom. The van der Waals surface area contributed by atoms with Gasteiger partial charge in [0.15, 0.2) is 0 Å². The fourth-order valence-corrected chi connectivity index (χ4v) is 4.14. The van der Waals surface area contributed by atoms with Gasteiger partial charge >= 0.3 is 6.09 Å². The molecule has 2 aromatic rings. The largest absolute Gasteiger partial charge is 0.444 e. The lowest BCUT2D eigenvalue weighted by atomic mass is 10.1. The van der Waals surface area contributed by atoms with Gasteiger partial charge in [0.1, 0.15) is 22.7 Å². The van der Waals surface area contributed by atoms with Crippen molar-refractivity contribution in [1.82, 2.24) is 10.0 Å². The third-order valence-electron chi connectivity index (χ3n) is 5.61. The molecule has 0 aliphatic carbocycles. The van der Waals surface area contributed by atoms with Crippen molar-refractivity contribution < 1.29 is 23.6 Å². The van der Waals surface area contributed by atoms with Gasteiger partial charge in [-0.15, -0.1) is 0 Å². The maximum Gasteiger partial charge on any atom is 0.414 e. The SMILES string of the molecule is CC(=O)CC[C@H]1CN(c2ccc(N3CCON(C(=S)c4ccncc4)CC3)c(F)c2)C(=O)O1. The fourth-order valence-electron chi connectivity index (χ4n) is 3.86. The van der Waals surface area contributed by atoms with Crippen molar-refractivity contribution in [1.29, 1.82) is 0 Å². The first-order valence-corrected chi connectivity index (χ1v) is 11.2. The molecule has 0 radical (unpaired) electrons. The number of hydroxylamine groups is 2. The van der Waals surface area contributed by atoms with Crippen LogP contribution < -0.4 is 9.80 Å². The van der Waals surface area contributed by atoms with Gasteiger partial charge in [-0.05, 0) is 43.7 Å². The highest BCUT2D eigenvalue weighted by Crippen LogP contribution is 2.29. The summed E-state index contributed by atoms with van der Waals surface area (Å²) < 4.78 is 20.4. The maximum absolute atomic E-state index is 15.1. The van der Waals surface area contributed by atoms with Crippen molar-refractivity contribution in [3.05, 3.63) is 54.1 Å². The number of ether oxygens (including phenoxy) is 1. The maximum atomic E-state index is 15.1. The smallest absolute Gasteiger partial charge is 0.414 e. The minimum absolute atomic E-state index is 0.0430. The van der Waals surface area contributed by atoms with Crippen LogP contribution in [0.15, 0.2) is 42.7 Å². The fraction of sp³-hybridized carbons (Fsp3) is 0.391. The first-order chi connectivity index (χ1) is 15.9. The molecule has 0 spiro atoms. The van der Waals surface area contributed by atoms with Crippen LogP contribution in [0.25, 0.3) is 0 Å². The number of ketones is 1. The number of amides is 1. The molecule has 8 nitrogen and oxygen atoms in total. The van der Waals surface area contributed by atoms with Crippen LogP contribution in [0.1, 0.15) is 25.3 Å². The number of anilines is 2. The zero-order valence-corrected chi connectivity index (χ0v) is 19.1. The molecule has 10 heteroatoms. The molecule has 0 bridgehead atoms. The minimum Gasteiger partial charge on any atom is -0.444 e. The van der Waals surface area contributed by atoms with E-state index in [1.165, 1.54) is 17.9 Å². The number of cyclic esters (lactones) is 1. The van der Waals surface area contributed by atoms with Gasteiger partial charge in [0.25, 0.3) is 0 Å². The lowest BCUT2D eigenvalue weighted by Crippen LogP contribution is -2.34. The van der Waals surface area contributed by atoms with Gasteiger partial charge in [-0.3, -0.25) is 14.7 Å². The highest BCUT2D eigenvalue weighted by molar-refractivity contribution is 7.80. The number of benzene rings is 1. The topological polar surface area (TPSA) is 75.2 Å². The number of Topliss-reactive ketones (excluding diaryl/α,β-unsaturated/α-hetero) is 1. The van der Waals surface area contributed by atoms with Crippen molar-refractivity contribution in [2.45, 2.75) is 25.9 Å². The quantitative estimate of drug-likeness (QED) is 0.593. The second kappa shape index (κ2) is 10.2. The summed E-state index contributed by atoms with van der Waals surface area (Å²) in [5, 5.41) is 1.65. The van der Waals surface area contributed by atoms with Crippen LogP contribution in [0.4, 0.5) is 20.6 Å². The average Bonchev–Trinajstić information content (AvgIpc) is 3.02. The number of pyridine rings is 1. The molecule has 4 rings (SSSR count). The highest BCUT2D eigenvalue weighted by Gasteiger charge is 2.33. The Hall–Kier alpha value is -3.11. The zero-order chi connectivity index (χ0) is 23.4. The van der Waals surface area contributed by atoms with Crippen molar-refractivity contribution in [2.75, 3.05) is 42.6 Å². The lowest BCUT2D eigenvalue weighted by molar-refractivity contribution is -0.117. The second-order valence-corrected chi connectivity index (χ2v) is 8.34. The summed E-state index contributed by atoms with van der Waals surface area (Å²) in [4.78, 5) is 37.1. The second-order valence-electron chi connectivity index (χ2n) is 7.96. The molecule has 174 valence electrons. The summed E-state index contributed by atoms with van der Waals surface area (Å²) in [6, 6.07) is 8.35. The molecule has 2 aliphatic rings. The molecule has 1 aromatic heterocycles. The van der Waals surface area contributed by atoms with E-state index in [-0.39, 0.29) is 11.9 Å². The lowest BCUT2D eigenvalue weighted by Gasteiger charge is -2.24. The number of carbonyl (C=O) groups is 2. The Kier molecular flexibility index (Phi) is 7.14. The summed E-state index contributed by atoms with van der Waals surface area (Å²) in [6.45, 7) is 3.62. The van der Waals surface area contributed by atoms with Crippen LogP contribution in [0.3, 0.4) is 0 Å². The van der Waals surface area contributed by atoms with Gasteiger partial charge in [0.2, 0.25) is 0 Å². The monoisotopic (exact) mass is 472 g/mol. The molecule has 1 atom stereocenters. The number of aromatic nitrogens is 1. The van der Waals surface area contributed by atoms with Crippen LogP contribution in [0.2, 0.25) is 0 Å². The molecule has 1 amide bonds. The van der Waals surface area contributed by atoms with E-state index in [1.54, 1.807) is 29.6 Å². The summed E-state index contributed by atoms with van der Waals surface area (Å²) in [7, 11) is 0. The average molecular weight is 473 g/mol. The molecular formula is C23H25FN4O4S. The summed E-state index contributed by atoms with van der Waals surface area (Å²) in [5.41, 5.74) is 1.70. The molecule has 0 N–H and O–H groups in total. The molecule has 1 aromatic carbocycles. The van der Waals surface area contributed by atoms with Gasteiger partial charge in [-0.2, -0.15) is 0 Å². The first-order valence-electron chi connectivity index (χ1n) is 10.8. The van der Waals surface area contributed by atoms with Crippen LogP contribution >= 0.6 is 12.2 Å². The van der Waals surface area contributed by atoms with Crippen molar-refractivity contribution in [3.63, 3.8) is 0 Å². The van der Waals surface area contributed by atoms with E-state index in [1.807, 2.05) is 17.0 Å². The highest BCUT2D eigenvalue weighted by atomic mass is 32.1. The Morgan fingerprint density at radius 1 is 1.21 bits per heavy atom. The number of rotatable bonds is 6. The molecule has 3 heterocycles.